The molecule has 1 aromatic heterocycles. The number of hydrogen-bond donors (Lipinski definition) is 0. The molecular weight excluding hydrogens is 392 g/mol. The quantitative estimate of drug-likeness (QED) is 0.452. The lowest BCUT2D eigenvalue weighted by atomic mass is 10.1. The molecule has 0 spiro atoms. The van der Waals surface area contributed by atoms with E-state index in [1.807, 2.05) is 49.7 Å². The molecular formula is C21H21ClN4O3. The second kappa shape index (κ2) is 8.05. The summed E-state index contributed by atoms with van der Waals surface area (Å²) in [6, 6.07) is 11.8. The van der Waals surface area contributed by atoms with E-state index in [9.17, 15) is 14.9 Å². The van der Waals surface area contributed by atoms with E-state index < -0.39 is 4.92 Å². The van der Waals surface area contributed by atoms with E-state index in [1.54, 1.807) is 7.05 Å². The van der Waals surface area contributed by atoms with Gasteiger partial charge in [0.05, 0.1) is 26.9 Å². The van der Waals surface area contributed by atoms with Crippen LogP contribution in [0.2, 0.25) is 5.02 Å². The van der Waals surface area contributed by atoms with Crippen LogP contribution in [0, 0.1) is 30.9 Å². The van der Waals surface area contributed by atoms with Gasteiger partial charge < -0.3 is 4.90 Å². The number of amides is 1. The Hall–Kier alpha value is -3.19. The van der Waals surface area contributed by atoms with Crippen molar-refractivity contribution in [3.63, 3.8) is 0 Å². The fourth-order valence-electron chi connectivity index (χ4n) is 3.25. The van der Waals surface area contributed by atoms with E-state index in [4.69, 9.17) is 11.6 Å². The molecule has 0 bridgehead atoms. The first-order valence-electron chi connectivity index (χ1n) is 9.01. The molecule has 2 aromatic carbocycles. The molecule has 1 amide bonds. The topological polar surface area (TPSA) is 81.3 Å². The molecule has 0 atom stereocenters. The largest absolute Gasteiger partial charge is 0.337 e. The fourth-order valence-corrected chi connectivity index (χ4v) is 3.50. The summed E-state index contributed by atoms with van der Waals surface area (Å²) in [5, 5.41) is 15.6. The minimum atomic E-state index is -0.545. The lowest BCUT2D eigenvalue weighted by Gasteiger charge is -2.18. The highest BCUT2D eigenvalue weighted by Gasteiger charge is 2.21. The minimum Gasteiger partial charge on any atom is -0.337 e. The smallest absolute Gasteiger partial charge is 0.270 e. The van der Waals surface area contributed by atoms with Gasteiger partial charge in [-0.15, -0.1) is 0 Å². The number of nitro groups is 1. The normalized spacial score (nSPS) is 10.8. The highest BCUT2D eigenvalue weighted by atomic mass is 35.5. The molecule has 0 N–H and O–H groups in total. The van der Waals surface area contributed by atoms with Gasteiger partial charge in [-0.25, -0.2) is 4.68 Å². The number of nitrogens with zero attached hydrogens (tertiary/aromatic N) is 4. The third-order valence-corrected chi connectivity index (χ3v) is 5.23. The maximum atomic E-state index is 12.8. The predicted molar refractivity (Wildman–Crippen MR) is 112 cm³/mol. The number of non-ortho nitro benzene ring substituents is 1. The van der Waals surface area contributed by atoms with E-state index in [1.165, 1.54) is 23.1 Å². The van der Waals surface area contributed by atoms with Crippen LogP contribution in [0.3, 0.4) is 0 Å². The second-order valence-electron chi connectivity index (χ2n) is 6.93. The van der Waals surface area contributed by atoms with Crippen molar-refractivity contribution in [1.82, 2.24) is 14.7 Å². The van der Waals surface area contributed by atoms with Crippen LogP contribution in [-0.4, -0.2) is 32.6 Å². The zero-order valence-corrected chi connectivity index (χ0v) is 17.4. The number of benzene rings is 2. The Morgan fingerprint density at radius 1 is 1.21 bits per heavy atom. The fraction of sp³-hybridized carbons (Fsp3) is 0.238. The van der Waals surface area contributed by atoms with Gasteiger partial charge in [-0.05, 0) is 38.5 Å². The third kappa shape index (κ3) is 4.00. The zero-order chi connectivity index (χ0) is 21.3. The van der Waals surface area contributed by atoms with Gasteiger partial charge in [0, 0.05) is 37.0 Å². The van der Waals surface area contributed by atoms with Crippen molar-refractivity contribution >= 4 is 23.2 Å². The van der Waals surface area contributed by atoms with Crippen molar-refractivity contribution in [2.75, 3.05) is 7.05 Å². The van der Waals surface area contributed by atoms with E-state index >= 15 is 0 Å². The van der Waals surface area contributed by atoms with Crippen LogP contribution in [0.5, 0.6) is 0 Å². The molecule has 1 heterocycles. The van der Waals surface area contributed by atoms with E-state index in [2.05, 4.69) is 5.10 Å². The lowest BCUT2D eigenvalue weighted by Crippen LogP contribution is -2.27. The molecule has 3 rings (SSSR count). The van der Waals surface area contributed by atoms with Gasteiger partial charge >= 0.3 is 0 Å². The summed E-state index contributed by atoms with van der Waals surface area (Å²) in [6.45, 7) is 6.25. The molecule has 3 aromatic rings. The molecule has 0 aliphatic heterocycles. The van der Waals surface area contributed by atoms with Gasteiger partial charge in [0.25, 0.3) is 11.6 Å². The van der Waals surface area contributed by atoms with Crippen molar-refractivity contribution in [2.24, 2.45) is 0 Å². The third-order valence-electron chi connectivity index (χ3n) is 4.92. The van der Waals surface area contributed by atoms with Crippen LogP contribution >= 0.6 is 11.6 Å². The monoisotopic (exact) mass is 412 g/mol. The maximum absolute atomic E-state index is 12.8. The Bertz CT molecular complexity index is 1110. The molecule has 29 heavy (non-hydrogen) atoms. The van der Waals surface area contributed by atoms with Gasteiger partial charge in [0.2, 0.25) is 0 Å². The van der Waals surface area contributed by atoms with E-state index in [-0.39, 0.29) is 22.2 Å². The molecule has 0 saturated carbocycles. The van der Waals surface area contributed by atoms with Gasteiger partial charge in [0.1, 0.15) is 0 Å². The van der Waals surface area contributed by atoms with Crippen LogP contribution in [0.15, 0.2) is 42.5 Å². The van der Waals surface area contributed by atoms with Crippen LogP contribution in [-0.2, 0) is 6.54 Å². The van der Waals surface area contributed by atoms with Gasteiger partial charge in [-0.1, -0.05) is 29.8 Å². The van der Waals surface area contributed by atoms with Crippen molar-refractivity contribution in [1.29, 1.82) is 0 Å². The molecule has 0 radical (unpaired) electrons. The number of aromatic nitrogens is 2. The summed E-state index contributed by atoms with van der Waals surface area (Å²) in [6.07, 6.45) is 0. The second-order valence-corrected chi connectivity index (χ2v) is 7.34. The van der Waals surface area contributed by atoms with Crippen molar-refractivity contribution in [3.8, 4) is 5.69 Å². The maximum Gasteiger partial charge on any atom is 0.270 e. The van der Waals surface area contributed by atoms with Gasteiger partial charge in [-0.2, -0.15) is 5.10 Å². The molecule has 7 nitrogen and oxygen atoms in total. The highest BCUT2D eigenvalue weighted by Crippen LogP contribution is 2.25. The number of aryl methyl sites for hydroxylation is 2. The van der Waals surface area contributed by atoms with Crippen molar-refractivity contribution in [3.05, 3.63) is 85.7 Å². The average molecular weight is 413 g/mol. The Balaban J connectivity index is 1.88. The number of hydrogen-bond acceptors (Lipinski definition) is 4. The van der Waals surface area contributed by atoms with Gasteiger partial charge in [-0.3, -0.25) is 14.9 Å². The summed E-state index contributed by atoms with van der Waals surface area (Å²) in [5.41, 5.74) is 4.90. The summed E-state index contributed by atoms with van der Waals surface area (Å²) < 4.78 is 1.89. The van der Waals surface area contributed by atoms with Crippen molar-refractivity contribution < 1.29 is 9.72 Å². The first kappa shape index (κ1) is 20.5. The molecule has 8 heteroatoms. The Kier molecular flexibility index (Phi) is 5.70. The number of para-hydroxylation sites is 1. The SMILES string of the molecule is Cc1ccccc1-n1nc(C)c(CN(C)C(=O)c2ccc([N+](=O)[O-])cc2Cl)c1C. The van der Waals surface area contributed by atoms with E-state index in [0.717, 1.165) is 28.2 Å². The highest BCUT2D eigenvalue weighted by molar-refractivity contribution is 6.34. The zero-order valence-electron chi connectivity index (χ0n) is 16.6. The Labute approximate surface area is 173 Å². The molecule has 0 fully saturated rings. The minimum absolute atomic E-state index is 0.0556. The number of rotatable bonds is 5. The summed E-state index contributed by atoms with van der Waals surface area (Å²) >= 11 is 6.11. The molecule has 0 aliphatic rings. The van der Waals surface area contributed by atoms with Gasteiger partial charge in [0.15, 0.2) is 0 Å². The first-order valence-corrected chi connectivity index (χ1v) is 9.39. The summed E-state index contributed by atoms with van der Waals surface area (Å²) in [7, 11) is 1.67. The van der Waals surface area contributed by atoms with Crippen LogP contribution in [0.25, 0.3) is 5.69 Å². The van der Waals surface area contributed by atoms with Crippen molar-refractivity contribution in [2.45, 2.75) is 27.3 Å². The van der Waals surface area contributed by atoms with E-state index in [0.29, 0.717) is 6.54 Å². The summed E-state index contributed by atoms with van der Waals surface area (Å²) in [4.78, 5) is 24.7. The standard InChI is InChI=1S/C21H21ClN4O3/c1-13-7-5-6-8-20(13)25-15(3)18(14(2)23-25)12-24(4)21(27)17-10-9-16(26(28)29)11-19(17)22/h5-11H,12H2,1-4H3. The molecule has 0 saturated heterocycles. The number of carbonyl (C=O) groups excluding carboxylic acids is 1. The average Bonchev–Trinajstić information content (AvgIpc) is 2.95. The first-order chi connectivity index (χ1) is 13.7. The van der Waals surface area contributed by atoms with Crippen LogP contribution in [0.1, 0.15) is 32.9 Å². The molecule has 0 aliphatic carbocycles. The lowest BCUT2D eigenvalue weighted by molar-refractivity contribution is -0.384. The number of halogens is 1. The molecule has 150 valence electrons. The van der Waals surface area contributed by atoms with Crippen LogP contribution in [0.4, 0.5) is 5.69 Å². The Morgan fingerprint density at radius 2 is 1.90 bits per heavy atom. The Morgan fingerprint density at radius 3 is 2.52 bits per heavy atom. The number of nitro benzene ring substituents is 1. The molecule has 0 unspecified atom stereocenters. The summed E-state index contributed by atoms with van der Waals surface area (Å²) in [5.74, 6) is -0.313. The number of carbonyl (C=O) groups is 1. The van der Waals surface area contributed by atoms with Crippen LogP contribution < -0.4 is 0 Å². The predicted octanol–water partition coefficient (Wildman–Crippen LogP) is 4.63.